The van der Waals surface area contributed by atoms with Crippen molar-refractivity contribution in [1.82, 2.24) is 20.2 Å². The summed E-state index contributed by atoms with van der Waals surface area (Å²) in [4.78, 5) is 28.5. The molecule has 0 bridgehead atoms. The molecule has 2 N–H and O–H groups in total. The minimum atomic E-state index is -0.388. The second kappa shape index (κ2) is 6.81. The number of imidazole rings is 1. The molecule has 1 fully saturated rings. The predicted octanol–water partition coefficient (Wildman–Crippen LogP) is 1.38. The van der Waals surface area contributed by atoms with Crippen molar-refractivity contribution in [3.63, 3.8) is 0 Å². The number of benzene rings is 1. The fraction of sp³-hybridized carbons (Fsp3) is 0.471. The molecule has 6 heteroatoms. The zero-order valence-corrected chi connectivity index (χ0v) is 13.3. The molecule has 1 saturated heterocycles. The Morgan fingerprint density at radius 3 is 3.04 bits per heavy atom. The summed E-state index contributed by atoms with van der Waals surface area (Å²) < 4.78 is 2.09. The maximum atomic E-state index is 12.2. The van der Waals surface area contributed by atoms with E-state index in [1.807, 2.05) is 24.3 Å². The van der Waals surface area contributed by atoms with E-state index in [4.69, 9.17) is 0 Å². The molecular formula is C17H22N4O2. The molecule has 0 saturated carbocycles. The molecule has 3 rings (SSSR count). The van der Waals surface area contributed by atoms with E-state index in [2.05, 4.69) is 27.1 Å². The molecule has 1 aromatic heterocycles. The highest BCUT2D eigenvalue weighted by molar-refractivity contribution is 5.88. The van der Waals surface area contributed by atoms with E-state index >= 15 is 0 Å². The number of fused-ring (bicyclic) bond motifs is 1. The Morgan fingerprint density at radius 1 is 1.43 bits per heavy atom. The van der Waals surface area contributed by atoms with Crippen LogP contribution in [0.3, 0.4) is 0 Å². The maximum absolute atomic E-state index is 12.2. The topological polar surface area (TPSA) is 76.0 Å². The van der Waals surface area contributed by atoms with Gasteiger partial charge in [-0.2, -0.15) is 0 Å². The number of rotatable bonds is 5. The number of piperidine rings is 1. The van der Waals surface area contributed by atoms with Gasteiger partial charge in [0.25, 0.3) is 0 Å². The third-order valence-electron chi connectivity index (χ3n) is 4.23. The van der Waals surface area contributed by atoms with E-state index < -0.39 is 0 Å². The summed E-state index contributed by atoms with van der Waals surface area (Å²) in [5.74, 6) is 0.813. The summed E-state index contributed by atoms with van der Waals surface area (Å²) in [5.41, 5.74) is 2.00. The van der Waals surface area contributed by atoms with E-state index in [1.54, 1.807) is 0 Å². The van der Waals surface area contributed by atoms with Crippen molar-refractivity contribution >= 4 is 22.8 Å². The van der Waals surface area contributed by atoms with Crippen LogP contribution in [0.1, 0.15) is 32.0 Å². The van der Waals surface area contributed by atoms with Gasteiger partial charge < -0.3 is 15.2 Å². The van der Waals surface area contributed by atoms with Crippen molar-refractivity contribution < 1.29 is 9.59 Å². The van der Waals surface area contributed by atoms with E-state index in [0.717, 1.165) is 29.7 Å². The molecule has 1 aliphatic rings. The van der Waals surface area contributed by atoms with Gasteiger partial charge in [0.1, 0.15) is 11.9 Å². The third kappa shape index (κ3) is 3.36. The Kier molecular flexibility index (Phi) is 4.60. The largest absolute Gasteiger partial charge is 0.354 e. The molecule has 122 valence electrons. The van der Waals surface area contributed by atoms with E-state index in [1.165, 1.54) is 0 Å². The zero-order valence-electron chi connectivity index (χ0n) is 13.3. The van der Waals surface area contributed by atoms with Crippen LogP contribution >= 0.6 is 0 Å². The van der Waals surface area contributed by atoms with Crippen LogP contribution in [0.25, 0.3) is 11.0 Å². The Bertz CT molecular complexity index is 722. The number of aromatic nitrogens is 2. The Labute approximate surface area is 135 Å². The molecule has 0 aliphatic carbocycles. The first-order valence-corrected chi connectivity index (χ1v) is 8.20. The van der Waals surface area contributed by atoms with Crippen LogP contribution in [0.15, 0.2) is 24.3 Å². The lowest BCUT2D eigenvalue weighted by Crippen LogP contribution is -2.50. The lowest BCUT2D eigenvalue weighted by Gasteiger charge is -2.22. The van der Waals surface area contributed by atoms with Crippen LogP contribution in [-0.4, -0.2) is 34.0 Å². The van der Waals surface area contributed by atoms with Crippen molar-refractivity contribution in [2.45, 2.75) is 45.2 Å². The average Bonchev–Trinajstić information content (AvgIpc) is 2.93. The molecule has 0 unspecified atom stereocenters. The van der Waals surface area contributed by atoms with Crippen LogP contribution in [-0.2, 0) is 22.6 Å². The summed E-state index contributed by atoms with van der Waals surface area (Å²) in [7, 11) is 0. The molecule has 2 heterocycles. The molecule has 1 atom stereocenters. The van der Waals surface area contributed by atoms with Crippen LogP contribution in [0.4, 0.5) is 0 Å². The van der Waals surface area contributed by atoms with E-state index in [9.17, 15) is 9.59 Å². The van der Waals surface area contributed by atoms with Crippen molar-refractivity contribution in [2.75, 3.05) is 6.54 Å². The number of carbonyl (C=O) groups is 2. The Morgan fingerprint density at radius 2 is 2.26 bits per heavy atom. The van der Waals surface area contributed by atoms with E-state index in [0.29, 0.717) is 25.9 Å². The average molecular weight is 314 g/mol. The van der Waals surface area contributed by atoms with Crippen LogP contribution in [0, 0.1) is 0 Å². The standard InChI is InChI=1S/C17H22N4O2/c1-2-15-19-12-6-3-4-8-14(12)21(15)11-9-16(22)20-13-7-5-10-18-17(13)23/h3-4,6,8,13H,2,5,7,9-11H2,1H3,(H,18,23)(H,20,22)/t13-/m0/s1. The Balaban J connectivity index is 1.66. The number of amides is 2. The molecule has 1 aliphatic heterocycles. The molecular weight excluding hydrogens is 292 g/mol. The van der Waals surface area contributed by atoms with Gasteiger partial charge in [0.2, 0.25) is 11.8 Å². The minimum Gasteiger partial charge on any atom is -0.354 e. The highest BCUT2D eigenvalue weighted by atomic mass is 16.2. The number of para-hydroxylation sites is 2. The van der Waals surface area contributed by atoms with Gasteiger partial charge in [-0.15, -0.1) is 0 Å². The van der Waals surface area contributed by atoms with Gasteiger partial charge in [-0.1, -0.05) is 19.1 Å². The molecule has 0 spiro atoms. The van der Waals surface area contributed by atoms with Crippen LogP contribution < -0.4 is 10.6 Å². The highest BCUT2D eigenvalue weighted by Crippen LogP contribution is 2.17. The van der Waals surface area contributed by atoms with Gasteiger partial charge in [0.15, 0.2) is 0 Å². The quantitative estimate of drug-likeness (QED) is 0.875. The summed E-state index contributed by atoms with van der Waals surface area (Å²) >= 11 is 0. The van der Waals surface area contributed by atoms with Gasteiger partial charge in [-0.25, -0.2) is 4.98 Å². The van der Waals surface area contributed by atoms with E-state index in [-0.39, 0.29) is 17.9 Å². The lowest BCUT2D eigenvalue weighted by molar-refractivity contribution is -0.130. The first-order valence-electron chi connectivity index (χ1n) is 8.20. The maximum Gasteiger partial charge on any atom is 0.242 e. The van der Waals surface area contributed by atoms with Crippen LogP contribution in [0.5, 0.6) is 0 Å². The fourth-order valence-corrected chi connectivity index (χ4v) is 3.03. The Hall–Kier alpha value is -2.37. The molecule has 1 aromatic carbocycles. The summed E-state index contributed by atoms with van der Waals surface area (Å²) in [6.45, 7) is 3.33. The molecule has 0 radical (unpaired) electrons. The van der Waals surface area contributed by atoms with Crippen molar-refractivity contribution in [1.29, 1.82) is 0 Å². The second-order valence-corrected chi connectivity index (χ2v) is 5.83. The fourth-order valence-electron chi connectivity index (χ4n) is 3.03. The first kappa shape index (κ1) is 15.5. The smallest absolute Gasteiger partial charge is 0.242 e. The van der Waals surface area contributed by atoms with Gasteiger partial charge in [0.05, 0.1) is 11.0 Å². The highest BCUT2D eigenvalue weighted by Gasteiger charge is 2.23. The van der Waals surface area contributed by atoms with Crippen LogP contribution in [0.2, 0.25) is 0 Å². The number of nitrogens with one attached hydrogen (secondary N) is 2. The SMILES string of the molecule is CCc1nc2ccccc2n1CCC(=O)N[C@H]1CCCNC1=O. The molecule has 2 amide bonds. The van der Waals surface area contributed by atoms with Gasteiger partial charge in [0, 0.05) is 25.9 Å². The summed E-state index contributed by atoms with van der Waals surface area (Å²) in [6, 6.07) is 7.56. The zero-order chi connectivity index (χ0) is 16.2. The normalized spacial score (nSPS) is 18.0. The van der Waals surface area contributed by atoms with Crippen molar-refractivity contribution in [3.05, 3.63) is 30.1 Å². The third-order valence-corrected chi connectivity index (χ3v) is 4.23. The number of hydrogen-bond acceptors (Lipinski definition) is 3. The number of aryl methyl sites for hydroxylation is 2. The number of carbonyl (C=O) groups excluding carboxylic acids is 2. The second-order valence-electron chi connectivity index (χ2n) is 5.83. The first-order chi connectivity index (χ1) is 11.2. The lowest BCUT2D eigenvalue weighted by atomic mass is 10.1. The van der Waals surface area contributed by atoms with Gasteiger partial charge in [-0.05, 0) is 25.0 Å². The number of nitrogens with zero attached hydrogens (tertiary/aromatic N) is 2. The molecule has 6 nitrogen and oxygen atoms in total. The van der Waals surface area contributed by atoms with Gasteiger partial charge >= 0.3 is 0 Å². The van der Waals surface area contributed by atoms with Gasteiger partial charge in [-0.3, -0.25) is 9.59 Å². The molecule has 2 aromatic rings. The summed E-state index contributed by atoms with van der Waals surface area (Å²) in [5, 5.41) is 5.61. The predicted molar refractivity (Wildman–Crippen MR) is 87.9 cm³/mol. The monoisotopic (exact) mass is 314 g/mol. The summed E-state index contributed by atoms with van der Waals surface area (Å²) in [6.07, 6.45) is 2.78. The van der Waals surface area contributed by atoms with Crippen molar-refractivity contribution in [3.8, 4) is 0 Å². The minimum absolute atomic E-state index is 0.0769. The number of hydrogen-bond donors (Lipinski definition) is 2. The molecule has 23 heavy (non-hydrogen) atoms. The van der Waals surface area contributed by atoms with Crippen molar-refractivity contribution in [2.24, 2.45) is 0 Å².